The lowest BCUT2D eigenvalue weighted by Crippen LogP contribution is -2.30. The molecule has 176 valence electrons. The van der Waals surface area contributed by atoms with Crippen molar-refractivity contribution in [1.82, 2.24) is 14.5 Å². The van der Waals surface area contributed by atoms with Crippen LogP contribution in [0, 0.1) is 6.92 Å². The number of imidazole rings is 1. The molecule has 1 amide bonds. The van der Waals surface area contributed by atoms with Crippen LogP contribution in [0.1, 0.15) is 17.5 Å². The Morgan fingerprint density at radius 1 is 1.26 bits per heavy atom. The standard InChI is InChI=1S/C24H21ClN4O3S.ClH/c1-16-3-6-18(25)23-22(16)27-24(33-23)29(11-2-10-28-12-9-26-14-28)21(30)8-5-17-4-7-19-20(13-17)32-15-31-19;/h3-9,12-14H,2,10-11,15H2,1H3;1H/b8-5+;. The largest absolute Gasteiger partial charge is 0.454 e. The van der Waals surface area contributed by atoms with Crippen molar-refractivity contribution >= 4 is 62.7 Å². The molecule has 1 aliphatic heterocycles. The average molecular weight is 517 g/mol. The summed E-state index contributed by atoms with van der Waals surface area (Å²) >= 11 is 7.84. The fourth-order valence-electron chi connectivity index (χ4n) is 3.61. The Kier molecular flexibility index (Phi) is 7.41. The Hall–Kier alpha value is -3.07. The molecule has 0 radical (unpaired) electrons. The smallest absolute Gasteiger partial charge is 0.252 e. The van der Waals surface area contributed by atoms with Gasteiger partial charge in [-0.15, -0.1) is 12.4 Å². The fraction of sp³-hybridized carbons (Fsp3) is 0.208. The molecule has 34 heavy (non-hydrogen) atoms. The Balaban J connectivity index is 0.00000274. The first-order valence-electron chi connectivity index (χ1n) is 10.5. The highest BCUT2D eigenvalue weighted by atomic mass is 35.5. The molecule has 0 saturated heterocycles. The van der Waals surface area contributed by atoms with Gasteiger partial charge in [-0.25, -0.2) is 9.97 Å². The Morgan fingerprint density at radius 3 is 2.91 bits per heavy atom. The summed E-state index contributed by atoms with van der Waals surface area (Å²) in [5, 5.41) is 1.27. The lowest BCUT2D eigenvalue weighted by Gasteiger charge is -2.18. The number of nitrogens with zero attached hydrogens (tertiary/aromatic N) is 4. The summed E-state index contributed by atoms with van der Waals surface area (Å²) in [6.45, 7) is 3.47. The van der Waals surface area contributed by atoms with Crippen LogP contribution >= 0.6 is 35.3 Å². The van der Waals surface area contributed by atoms with Gasteiger partial charge in [0.05, 0.1) is 21.6 Å². The van der Waals surface area contributed by atoms with Crippen LogP contribution in [0.25, 0.3) is 16.3 Å². The maximum Gasteiger partial charge on any atom is 0.252 e. The Bertz CT molecular complexity index is 1300. The summed E-state index contributed by atoms with van der Waals surface area (Å²) in [6.07, 6.45) is 9.52. The molecular formula is C24H22Cl2N4O3S. The van der Waals surface area contributed by atoms with E-state index < -0.39 is 0 Å². The number of aryl methyl sites for hydroxylation is 2. The van der Waals surface area contributed by atoms with E-state index in [1.54, 1.807) is 29.6 Å². The number of halogens is 2. The molecule has 0 spiro atoms. The topological polar surface area (TPSA) is 69.5 Å². The minimum atomic E-state index is -0.147. The van der Waals surface area contributed by atoms with Crippen LogP contribution in [0.5, 0.6) is 11.5 Å². The zero-order valence-electron chi connectivity index (χ0n) is 18.3. The van der Waals surface area contributed by atoms with E-state index in [-0.39, 0.29) is 25.1 Å². The number of anilines is 1. The maximum absolute atomic E-state index is 13.3. The average Bonchev–Trinajstić information content (AvgIpc) is 3.58. The molecule has 1 aliphatic rings. The van der Waals surface area contributed by atoms with E-state index in [4.69, 9.17) is 26.1 Å². The van der Waals surface area contributed by atoms with Crippen molar-refractivity contribution in [3.05, 3.63) is 71.3 Å². The van der Waals surface area contributed by atoms with Gasteiger partial charge in [-0.1, -0.05) is 35.1 Å². The van der Waals surface area contributed by atoms with E-state index in [9.17, 15) is 4.79 Å². The van der Waals surface area contributed by atoms with Gasteiger partial charge in [0.2, 0.25) is 6.79 Å². The highest BCUT2D eigenvalue weighted by Gasteiger charge is 2.20. The second-order valence-electron chi connectivity index (χ2n) is 7.63. The van der Waals surface area contributed by atoms with Crippen LogP contribution in [0.15, 0.2) is 55.1 Å². The minimum absolute atomic E-state index is 0. The second kappa shape index (κ2) is 10.5. The number of fused-ring (bicyclic) bond motifs is 2. The van der Waals surface area contributed by atoms with Gasteiger partial charge in [0, 0.05) is 31.6 Å². The normalized spacial score (nSPS) is 12.3. The number of thiazole rings is 1. The predicted molar refractivity (Wildman–Crippen MR) is 137 cm³/mol. The number of aromatic nitrogens is 3. The summed E-state index contributed by atoms with van der Waals surface area (Å²) in [4.78, 5) is 23.8. The summed E-state index contributed by atoms with van der Waals surface area (Å²) < 4.78 is 13.7. The summed E-state index contributed by atoms with van der Waals surface area (Å²) in [7, 11) is 0. The summed E-state index contributed by atoms with van der Waals surface area (Å²) in [6, 6.07) is 9.40. The van der Waals surface area contributed by atoms with Crippen LogP contribution in [-0.2, 0) is 11.3 Å². The van der Waals surface area contributed by atoms with Gasteiger partial charge in [0.15, 0.2) is 16.6 Å². The molecule has 5 rings (SSSR count). The predicted octanol–water partition coefficient (Wildman–Crippen LogP) is 5.74. The molecule has 0 bridgehead atoms. The third kappa shape index (κ3) is 5.04. The van der Waals surface area contributed by atoms with Crippen LogP contribution in [0.3, 0.4) is 0 Å². The number of benzene rings is 2. The molecule has 0 fully saturated rings. The minimum Gasteiger partial charge on any atom is -0.454 e. The molecule has 0 aliphatic carbocycles. The monoisotopic (exact) mass is 516 g/mol. The highest BCUT2D eigenvalue weighted by molar-refractivity contribution is 7.23. The summed E-state index contributed by atoms with van der Waals surface area (Å²) in [5.41, 5.74) is 2.71. The van der Waals surface area contributed by atoms with Gasteiger partial charge in [-0.2, -0.15) is 0 Å². The molecular weight excluding hydrogens is 495 g/mol. The second-order valence-corrected chi connectivity index (χ2v) is 9.01. The van der Waals surface area contributed by atoms with E-state index in [0.717, 1.165) is 34.3 Å². The van der Waals surface area contributed by atoms with Crippen LogP contribution in [0.4, 0.5) is 5.13 Å². The number of ether oxygens (including phenoxy) is 2. The van der Waals surface area contributed by atoms with E-state index in [0.29, 0.717) is 28.2 Å². The van der Waals surface area contributed by atoms with Crippen LogP contribution in [0.2, 0.25) is 5.02 Å². The number of amides is 1. The zero-order chi connectivity index (χ0) is 22.8. The van der Waals surface area contributed by atoms with Gasteiger partial charge in [-0.05, 0) is 48.7 Å². The van der Waals surface area contributed by atoms with Gasteiger partial charge in [0.25, 0.3) is 5.91 Å². The molecule has 0 unspecified atom stereocenters. The van der Waals surface area contributed by atoms with E-state index >= 15 is 0 Å². The van der Waals surface area contributed by atoms with E-state index in [2.05, 4.69) is 4.98 Å². The lowest BCUT2D eigenvalue weighted by molar-refractivity contribution is -0.114. The third-order valence-corrected chi connectivity index (χ3v) is 6.89. The van der Waals surface area contributed by atoms with Crippen molar-refractivity contribution in [2.45, 2.75) is 19.9 Å². The molecule has 7 nitrogen and oxygen atoms in total. The molecule has 2 aromatic heterocycles. The number of rotatable bonds is 7. The van der Waals surface area contributed by atoms with E-state index in [1.165, 1.54) is 11.3 Å². The number of carbonyl (C=O) groups is 1. The van der Waals surface area contributed by atoms with Crippen molar-refractivity contribution in [3.8, 4) is 11.5 Å². The number of hydrogen-bond acceptors (Lipinski definition) is 6. The van der Waals surface area contributed by atoms with Crippen LogP contribution in [-0.4, -0.2) is 33.8 Å². The van der Waals surface area contributed by atoms with Crippen molar-refractivity contribution in [1.29, 1.82) is 0 Å². The van der Waals surface area contributed by atoms with Crippen molar-refractivity contribution in [2.75, 3.05) is 18.2 Å². The molecule has 0 atom stereocenters. The molecule has 4 aromatic rings. The number of carbonyl (C=O) groups excluding carboxylic acids is 1. The Morgan fingerprint density at radius 2 is 2.12 bits per heavy atom. The number of hydrogen-bond donors (Lipinski definition) is 0. The van der Waals surface area contributed by atoms with Crippen LogP contribution < -0.4 is 14.4 Å². The van der Waals surface area contributed by atoms with E-state index in [1.807, 2.05) is 48.0 Å². The SMILES string of the molecule is Cc1ccc(Cl)c2sc(N(CCCn3ccnc3)C(=O)/C=C/c3ccc4c(c3)OCO4)nc12.Cl. The van der Waals surface area contributed by atoms with Gasteiger partial charge in [-0.3, -0.25) is 9.69 Å². The zero-order valence-corrected chi connectivity index (χ0v) is 20.7. The van der Waals surface area contributed by atoms with Gasteiger partial charge < -0.3 is 14.0 Å². The van der Waals surface area contributed by atoms with Crippen molar-refractivity contribution < 1.29 is 14.3 Å². The summed E-state index contributed by atoms with van der Waals surface area (Å²) in [5.74, 6) is 1.24. The molecule has 0 N–H and O–H groups in total. The lowest BCUT2D eigenvalue weighted by atomic mass is 10.2. The first kappa shape index (κ1) is 24.1. The fourth-order valence-corrected chi connectivity index (χ4v) is 4.96. The highest BCUT2D eigenvalue weighted by Crippen LogP contribution is 2.36. The first-order chi connectivity index (χ1) is 16.1. The van der Waals surface area contributed by atoms with Crippen molar-refractivity contribution in [2.24, 2.45) is 0 Å². The van der Waals surface area contributed by atoms with Gasteiger partial charge >= 0.3 is 0 Å². The maximum atomic E-state index is 13.3. The quantitative estimate of drug-likeness (QED) is 0.293. The third-order valence-electron chi connectivity index (χ3n) is 5.36. The van der Waals surface area contributed by atoms with Crippen molar-refractivity contribution in [3.63, 3.8) is 0 Å². The molecule has 0 saturated carbocycles. The molecule has 2 aromatic carbocycles. The first-order valence-corrected chi connectivity index (χ1v) is 11.7. The Labute approximate surface area is 212 Å². The molecule has 3 heterocycles. The van der Waals surface area contributed by atoms with Gasteiger partial charge in [0.1, 0.15) is 0 Å². The molecule has 10 heteroatoms.